The molecule has 0 aliphatic heterocycles. The second-order valence-corrected chi connectivity index (χ2v) is 4.20. The number of fused-ring (bicyclic) bond motifs is 1. The number of hydrogen-bond donors (Lipinski definition) is 3. The molecule has 15 heavy (non-hydrogen) atoms. The lowest BCUT2D eigenvalue weighted by atomic mass is 9.91. The number of hydrazine groups is 1. The third-order valence-electron chi connectivity index (χ3n) is 2.74. The standard InChI is InChI=1S/C11H15N3S/c12-14-11(15)13-10-6-5-8-3-1-2-4-9(8)7-10/h5-7H,1-4,12H2,(H2,13,14,15). The van der Waals surface area contributed by atoms with E-state index in [0.29, 0.717) is 5.11 Å². The Bertz CT molecular complexity index is 376. The first-order valence-electron chi connectivity index (χ1n) is 5.19. The molecule has 0 spiro atoms. The van der Waals surface area contributed by atoms with Crippen LogP contribution in [-0.2, 0) is 12.8 Å². The molecule has 4 heteroatoms. The van der Waals surface area contributed by atoms with Crippen LogP contribution in [0.25, 0.3) is 0 Å². The van der Waals surface area contributed by atoms with Crippen molar-refractivity contribution in [2.75, 3.05) is 5.32 Å². The van der Waals surface area contributed by atoms with Crippen LogP contribution in [-0.4, -0.2) is 5.11 Å². The molecule has 4 N–H and O–H groups in total. The molecule has 0 radical (unpaired) electrons. The molecular weight excluding hydrogens is 206 g/mol. The van der Waals surface area contributed by atoms with E-state index in [4.69, 9.17) is 18.1 Å². The number of nitrogens with one attached hydrogen (secondary N) is 2. The van der Waals surface area contributed by atoms with Gasteiger partial charge in [0.25, 0.3) is 0 Å². The van der Waals surface area contributed by atoms with Crippen molar-refractivity contribution in [1.82, 2.24) is 5.43 Å². The van der Waals surface area contributed by atoms with Crippen molar-refractivity contribution in [3.05, 3.63) is 29.3 Å². The number of thiocarbonyl (C=S) groups is 1. The van der Waals surface area contributed by atoms with Crippen molar-refractivity contribution in [2.45, 2.75) is 25.7 Å². The van der Waals surface area contributed by atoms with Gasteiger partial charge in [0.05, 0.1) is 0 Å². The third-order valence-corrected chi connectivity index (χ3v) is 2.96. The van der Waals surface area contributed by atoms with Gasteiger partial charge in [-0.1, -0.05) is 6.07 Å². The zero-order valence-electron chi connectivity index (χ0n) is 8.55. The summed E-state index contributed by atoms with van der Waals surface area (Å²) in [6, 6.07) is 6.39. The van der Waals surface area contributed by atoms with Crippen LogP contribution in [0.2, 0.25) is 0 Å². The highest BCUT2D eigenvalue weighted by Gasteiger charge is 2.09. The average molecular weight is 221 g/mol. The molecule has 0 saturated heterocycles. The van der Waals surface area contributed by atoms with Crippen LogP contribution in [0.3, 0.4) is 0 Å². The van der Waals surface area contributed by atoms with E-state index < -0.39 is 0 Å². The van der Waals surface area contributed by atoms with Gasteiger partial charge in [-0.3, -0.25) is 0 Å². The minimum absolute atomic E-state index is 0.450. The molecule has 3 nitrogen and oxygen atoms in total. The number of aryl methyl sites for hydroxylation is 2. The van der Waals surface area contributed by atoms with Crippen LogP contribution in [0.1, 0.15) is 24.0 Å². The Morgan fingerprint density at radius 2 is 1.93 bits per heavy atom. The molecule has 0 atom stereocenters. The van der Waals surface area contributed by atoms with E-state index in [0.717, 1.165) is 5.69 Å². The highest BCUT2D eigenvalue weighted by atomic mass is 32.1. The lowest BCUT2D eigenvalue weighted by Gasteiger charge is -2.17. The smallest absolute Gasteiger partial charge is 0.185 e. The normalized spacial score (nSPS) is 14.2. The van der Waals surface area contributed by atoms with Gasteiger partial charge in [-0.2, -0.15) is 0 Å². The molecule has 1 aliphatic rings. The molecule has 0 heterocycles. The lowest BCUT2D eigenvalue weighted by Crippen LogP contribution is -2.34. The average Bonchev–Trinajstić information content (AvgIpc) is 2.29. The Morgan fingerprint density at radius 3 is 2.67 bits per heavy atom. The lowest BCUT2D eigenvalue weighted by molar-refractivity contribution is 0.686. The maximum atomic E-state index is 5.20. The molecule has 1 aliphatic carbocycles. The zero-order chi connectivity index (χ0) is 10.7. The summed E-state index contributed by atoms with van der Waals surface area (Å²) in [5, 5.41) is 3.49. The molecule has 0 saturated carbocycles. The SMILES string of the molecule is NNC(=S)Nc1ccc2c(c1)CCCC2. The second kappa shape index (κ2) is 4.59. The van der Waals surface area contributed by atoms with E-state index in [1.54, 1.807) is 0 Å². The second-order valence-electron chi connectivity index (χ2n) is 3.79. The van der Waals surface area contributed by atoms with Crippen LogP contribution in [0.5, 0.6) is 0 Å². The van der Waals surface area contributed by atoms with Gasteiger partial charge in [-0.25, -0.2) is 5.84 Å². The zero-order valence-corrected chi connectivity index (χ0v) is 9.36. The minimum Gasteiger partial charge on any atom is -0.332 e. The van der Waals surface area contributed by atoms with Crippen LogP contribution in [0.4, 0.5) is 5.69 Å². The molecule has 80 valence electrons. The predicted octanol–water partition coefficient (Wildman–Crippen LogP) is 1.73. The van der Waals surface area contributed by atoms with Gasteiger partial charge >= 0.3 is 0 Å². The number of anilines is 1. The summed E-state index contributed by atoms with van der Waals surface area (Å²) in [6.07, 6.45) is 4.97. The van der Waals surface area contributed by atoms with E-state index in [9.17, 15) is 0 Å². The quantitative estimate of drug-likeness (QED) is 0.384. The van der Waals surface area contributed by atoms with Gasteiger partial charge in [0.1, 0.15) is 0 Å². The summed E-state index contributed by atoms with van der Waals surface area (Å²) in [7, 11) is 0. The van der Waals surface area contributed by atoms with Crippen molar-refractivity contribution >= 4 is 23.0 Å². The highest BCUT2D eigenvalue weighted by molar-refractivity contribution is 7.80. The Labute approximate surface area is 95.0 Å². The third kappa shape index (κ3) is 2.46. The molecule has 0 bridgehead atoms. The Balaban J connectivity index is 2.17. The fourth-order valence-corrected chi connectivity index (χ4v) is 2.10. The summed E-state index contributed by atoms with van der Waals surface area (Å²) >= 11 is 4.94. The molecule has 1 aromatic carbocycles. The van der Waals surface area contributed by atoms with Crippen LogP contribution >= 0.6 is 12.2 Å². The van der Waals surface area contributed by atoms with Gasteiger partial charge in [0, 0.05) is 5.69 Å². The molecule has 1 aromatic rings. The van der Waals surface area contributed by atoms with Gasteiger partial charge in [0.15, 0.2) is 5.11 Å². The fourth-order valence-electron chi connectivity index (χ4n) is 1.98. The maximum absolute atomic E-state index is 5.20. The van der Waals surface area contributed by atoms with Crippen molar-refractivity contribution in [2.24, 2.45) is 5.84 Å². The molecule has 2 rings (SSSR count). The van der Waals surface area contributed by atoms with Gasteiger partial charge < -0.3 is 10.7 Å². The molecule has 0 fully saturated rings. The fraction of sp³-hybridized carbons (Fsp3) is 0.364. The molecule has 0 aromatic heterocycles. The Hall–Kier alpha value is -1.13. The number of nitrogens with two attached hydrogens (primary N) is 1. The van der Waals surface area contributed by atoms with Crippen LogP contribution in [0, 0.1) is 0 Å². The van der Waals surface area contributed by atoms with Crippen molar-refractivity contribution in [3.63, 3.8) is 0 Å². The first-order valence-corrected chi connectivity index (χ1v) is 5.60. The highest BCUT2D eigenvalue weighted by Crippen LogP contribution is 2.24. The van der Waals surface area contributed by atoms with Crippen LogP contribution < -0.4 is 16.6 Å². The number of benzene rings is 1. The van der Waals surface area contributed by atoms with Crippen molar-refractivity contribution in [3.8, 4) is 0 Å². The van der Waals surface area contributed by atoms with Crippen molar-refractivity contribution in [1.29, 1.82) is 0 Å². The predicted molar refractivity (Wildman–Crippen MR) is 66.6 cm³/mol. The van der Waals surface area contributed by atoms with E-state index in [1.807, 2.05) is 6.07 Å². The van der Waals surface area contributed by atoms with E-state index >= 15 is 0 Å². The summed E-state index contributed by atoms with van der Waals surface area (Å²) in [5.41, 5.74) is 6.33. The Kier molecular flexibility index (Phi) is 3.18. The summed E-state index contributed by atoms with van der Waals surface area (Å²) in [4.78, 5) is 0. The van der Waals surface area contributed by atoms with Gasteiger partial charge in [-0.05, 0) is 61.2 Å². The van der Waals surface area contributed by atoms with E-state index in [-0.39, 0.29) is 0 Å². The molecule has 0 unspecified atom stereocenters. The maximum Gasteiger partial charge on any atom is 0.185 e. The summed E-state index contributed by atoms with van der Waals surface area (Å²) in [5.74, 6) is 5.20. The van der Waals surface area contributed by atoms with E-state index in [2.05, 4.69) is 22.9 Å². The van der Waals surface area contributed by atoms with Gasteiger partial charge in [0.2, 0.25) is 0 Å². The minimum atomic E-state index is 0.450. The Morgan fingerprint density at radius 1 is 1.20 bits per heavy atom. The topological polar surface area (TPSA) is 50.1 Å². The monoisotopic (exact) mass is 221 g/mol. The summed E-state index contributed by atoms with van der Waals surface area (Å²) in [6.45, 7) is 0. The number of rotatable bonds is 1. The molecular formula is C11H15N3S. The molecule has 0 amide bonds. The van der Waals surface area contributed by atoms with Crippen LogP contribution in [0.15, 0.2) is 18.2 Å². The van der Waals surface area contributed by atoms with E-state index in [1.165, 1.54) is 36.8 Å². The summed E-state index contributed by atoms with van der Waals surface area (Å²) < 4.78 is 0. The van der Waals surface area contributed by atoms with Gasteiger partial charge in [-0.15, -0.1) is 0 Å². The number of hydrogen-bond acceptors (Lipinski definition) is 2. The first-order chi connectivity index (χ1) is 7.29. The first kappa shape index (κ1) is 10.4. The van der Waals surface area contributed by atoms with Crippen molar-refractivity contribution < 1.29 is 0 Å². The largest absolute Gasteiger partial charge is 0.332 e.